The van der Waals surface area contributed by atoms with Gasteiger partial charge in [-0.1, -0.05) is 41.4 Å². The van der Waals surface area contributed by atoms with Crippen molar-refractivity contribution in [1.82, 2.24) is 0 Å². The molecule has 0 aromatic heterocycles. The second-order valence-corrected chi connectivity index (χ2v) is 7.53. The Kier molecular flexibility index (Phi) is 4.59. The minimum Gasteiger partial charge on any atom is -0.266 e. The maximum absolute atomic E-state index is 12.1. The molecule has 0 atom stereocenters. The monoisotopic (exact) mass is 323 g/mol. The number of nitrogens with zero attached hydrogens (tertiary/aromatic N) is 1. The highest BCUT2D eigenvalue weighted by molar-refractivity contribution is 7.92. The third-order valence-electron chi connectivity index (χ3n) is 3.26. The van der Waals surface area contributed by atoms with E-state index in [1.807, 2.05) is 44.2 Å². The first-order chi connectivity index (χ1) is 9.77. The number of hydrogen-bond donors (Lipinski definition) is 0. The lowest BCUT2D eigenvalue weighted by molar-refractivity contribution is 0.596. The van der Waals surface area contributed by atoms with Crippen molar-refractivity contribution in [2.45, 2.75) is 20.4 Å². The second kappa shape index (κ2) is 6.08. The predicted octanol–water partition coefficient (Wildman–Crippen LogP) is 3.92. The summed E-state index contributed by atoms with van der Waals surface area (Å²) in [6.45, 7) is 4.20. The summed E-state index contributed by atoms with van der Waals surface area (Å²) in [5, 5.41) is 0.635. The summed E-state index contributed by atoms with van der Waals surface area (Å²) < 4.78 is 25.7. The maximum atomic E-state index is 12.1. The average molecular weight is 324 g/mol. The normalized spacial score (nSPS) is 11.4. The molecular formula is C16H18ClNO2S. The maximum Gasteiger partial charge on any atom is 0.232 e. The van der Waals surface area contributed by atoms with E-state index in [-0.39, 0.29) is 0 Å². The van der Waals surface area contributed by atoms with Crippen molar-refractivity contribution >= 4 is 27.3 Å². The average Bonchev–Trinajstić information content (AvgIpc) is 2.38. The molecule has 5 heteroatoms. The quantitative estimate of drug-likeness (QED) is 0.855. The predicted molar refractivity (Wildman–Crippen MR) is 88.4 cm³/mol. The molecule has 0 amide bonds. The van der Waals surface area contributed by atoms with E-state index in [9.17, 15) is 8.42 Å². The fraction of sp³-hybridized carbons (Fsp3) is 0.250. The molecule has 112 valence electrons. The van der Waals surface area contributed by atoms with Crippen LogP contribution in [0.3, 0.4) is 0 Å². The topological polar surface area (TPSA) is 37.4 Å². The SMILES string of the molecule is Cc1ccc(N(Cc2ccc(Cl)cc2)S(C)(=O)=O)c(C)c1. The summed E-state index contributed by atoms with van der Waals surface area (Å²) in [6, 6.07) is 13.0. The van der Waals surface area contributed by atoms with Crippen LogP contribution in [0.2, 0.25) is 5.02 Å². The van der Waals surface area contributed by atoms with E-state index >= 15 is 0 Å². The van der Waals surface area contributed by atoms with Gasteiger partial charge in [-0.25, -0.2) is 8.42 Å². The molecule has 0 aliphatic heterocycles. The zero-order valence-corrected chi connectivity index (χ0v) is 13.9. The van der Waals surface area contributed by atoms with E-state index in [1.165, 1.54) is 10.6 Å². The van der Waals surface area contributed by atoms with Crippen LogP contribution in [0.25, 0.3) is 0 Å². The zero-order valence-electron chi connectivity index (χ0n) is 12.3. The Hall–Kier alpha value is -1.52. The Labute approximate surface area is 131 Å². The number of rotatable bonds is 4. The van der Waals surface area contributed by atoms with Crippen molar-refractivity contribution in [1.29, 1.82) is 0 Å². The molecule has 0 bridgehead atoms. The molecule has 3 nitrogen and oxygen atoms in total. The third kappa shape index (κ3) is 3.99. The Bertz CT molecular complexity index is 739. The fourth-order valence-electron chi connectivity index (χ4n) is 2.22. The highest BCUT2D eigenvalue weighted by Crippen LogP contribution is 2.25. The summed E-state index contributed by atoms with van der Waals surface area (Å²) in [6.07, 6.45) is 1.22. The number of benzene rings is 2. The highest BCUT2D eigenvalue weighted by Gasteiger charge is 2.19. The van der Waals surface area contributed by atoms with Crippen LogP contribution in [0.5, 0.6) is 0 Å². The smallest absolute Gasteiger partial charge is 0.232 e. The van der Waals surface area contributed by atoms with Crippen LogP contribution in [0, 0.1) is 13.8 Å². The van der Waals surface area contributed by atoms with Gasteiger partial charge in [-0.2, -0.15) is 0 Å². The molecule has 0 spiro atoms. The van der Waals surface area contributed by atoms with Crippen LogP contribution in [0.4, 0.5) is 5.69 Å². The molecule has 0 fully saturated rings. The van der Waals surface area contributed by atoms with E-state index in [0.717, 1.165) is 16.7 Å². The molecule has 0 radical (unpaired) electrons. The molecule has 2 aromatic carbocycles. The van der Waals surface area contributed by atoms with Gasteiger partial charge in [0, 0.05) is 5.02 Å². The summed E-state index contributed by atoms with van der Waals surface area (Å²) in [5.41, 5.74) is 3.65. The van der Waals surface area contributed by atoms with Gasteiger partial charge in [-0.05, 0) is 43.2 Å². The molecule has 0 saturated carbocycles. The number of aryl methyl sites for hydroxylation is 2. The third-order valence-corrected chi connectivity index (χ3v) is 4.64. The molecule has 0 aliphatic carbocycles. The van der Waals surface area contributed by atoms with Gasteiger partial charge >= 0.3 is 0 Å². The molecule has 0 unspecified atom stereocenters. The molecule has 2 rings (SSSR count). The van der Waals surface area contributed by atoms with Crippen LogP contribution < -0.4 is 4.31 Å². The molecule has 0 saturated heterocycles. The van der Waals surface area contributed by atoms with Gasteiger partial charge in [-0.3, -0.25) is 4.31 Å². The van der Waals surface area contributed by atoms with Gasteiger partial charge in [0.2, 0.25) is 10.0 Å². The number of anilines is 1. The van der Waals surface area contributed by atoms with Crippen LogP contribution in [0.15, 0.2) is 42.5 Å². The Morgan fingerprint density at radius 1 is 1.05 bits per heavy atom. The van der Waals surface area contributed by atoms with Crippen molar-refractivity contribution in [3.05, 3.63) is 64.2 Å². The van der Waals surface area contributed by atoms with Crippen LogP contribution in [-0.2, 0) is 16.6 Å². The molecular weight excluding hydrogens is 306 g/mol. The molecule has 21 heavy (non-hydrogen) atoms. The Morgan fingerprint density at radius 2 is 1.67 bits per heavy atom. The lowest BCUT2D eigenvalue weighted by atomic mass is 10.1. The van der Waals surface area contributed by atoms with Crippen molar-refractivity contribution in [3.63, 3.8) is 0 Å². The lowest BCUT2D eigenvalue weighted by Crippen LogP contribution is -2.29. The van der Waals surface area contributed by atoms with Gasteiger partial charge in [0.15, 0.2) is 0 Å². The van der Waals surface area contributed by atoms with E-state index in [1.54, 1.807) is 12.1 Å². The van der Waals surface area contributed by atoms with Crippen LogP contribution >= 0.6 is 11.6 Å². The first kappa shape index (κ1) is 15.9. The lowest BCUT2D eigenvalue weighted by Gasteiger charge is -2.24. The van der Waals surface area contributed by atoms with Crippen LogP contribution in [0.1, 0.15) is 16.7 Å². The molecule has 0 N–H and O–H groups in total. The van der Waals surface area contributed by atoms with Crippen molar-refractivity contribution in [2.24, 2.45) is 0 Å². The van der Waals surface area contributed by atoms with Gasteiger partial charge in [0.25, 0.3) is 0 Å². The van der Waals surface area contributed by atoms with Gasteiger partial charge < -0.3 is 0 Å². The Morgan fingerprint density at radius 3 is 2.19 bits per heavy atom. The van der Waals surface area contributed by atoms with Crippen molar-refractivity contribution in [3.8, 4) is 0 Å². The molecule has 0 aliphatic rings. The van der Waals surface area contributed by atoms with Crippen molar-refractivity contribution < 1.29 is 8.42 Å². The number of halogens is 1. The van der Waals surface area contributed by atoms with E-state index in [2.05, 4.69) is 0 Å². The van der Waals surface area contributed by atoms with E-state index in [0.29, 0.717) is 17.3 Å². The van der Waals surface area contributed by atoms with Crippen LogP contribution in [-0.4, -0.2) is 14.7 Å². The minimum absolute atomic E-state index is 0.292. The largest absolute Gasteiger partial charge is 0.266 e. The van der Waals surface area contributed by atoms with Gasteiger partial charge in [0.1, 0.15) is 0 Å². The minimum atomic E-state index is -3.36. The molecule has 2 aromatic rings. The number of hydrogen-bond acceptors (Lipinski definition) is 2. The molecule has 0 heterocycles. The Balaban J connectivity index is 2.42. The van der Waals surface area contributed by atoms with Gasteiger partial charge in [-0.15, -0.1) is 0 Å². The van der Waals surface area contributed by atoms with E-state index < -0.39 is 10.0 Å². The second-order valence-electron chi connectivity index (χ2n) is 5.19. The number of sulfonamides is 1. The fourth-order valence-corrected chi connectivity index (χ4v) is 3.29. The first-order valence-electron chi connectivity index (χ1n) is 6.57. The summed E-state index contributed by atoms with van der Waals surface area (Å²) in [7, 11) is -3.36. The van der Waals surface area contributed by atoms with Gasteiger partial charge in [0.05, 0.1) is 18.5 Å². The highest BCUT2D eigenvalue weighted by atomic mass is 35.5. The summed E-state index contributed by atoms with van der Waals surface area (Å²) >= 11 is 5.87. The van der Waals surface area contributed by atoms with Crippen molar-refractivity contribution in [2.75, 3.05) is 10.6 Å². The summed E-state index contributed by atoms with van der Waals surface area (Å²) in [4.78, 5) is 0. The van der Waals surface area contributed by atoms with E-state index in [4.69, 9.17) is 11.6 Å². The first-order valence-corrected chi connectivity index (χ1v) is 8.79. The summed E-state index contributed by atoms with van der Waals surface area (Å²) in [5.74, 6) is 0. The zero-order chi connectivity index (χ0) is 15.6. The standard InChI is InChI=1S/C16H18ClNO2S/c1-12-4-9-16(13(2)10-12)18(21(3,19)20)11-14-5-7-15(17)8-6-14/h4-10H,11H2,1-3H3.